The Kier molecular flexibility index (Phi) is 3.23. The molecule has 1 heterocycles. The Hall–Kier alpha value is -2.10. The number of aryl methyl sites for hydroxylation is 1. The average molecular weight is 232 g/mol. The van der Waals surface area contributed by atoms with Gasteiger partial charge in [-0.2, -0.15) is 0 Å². The van der Waals surface area contributed by atoms with Crippen LogP contribution in [0.25, 0.3) is 0 Å². The van der Waals surface area contributed by atoms with Crippen molar-refractivity contribution in [1.29, 1.82) is 0 Å². The second kappa shape index (κ2) is 4.82. The second-order valence-corrected chi connectivity index (χ2v) is 3.79. The summed E-state index contributed by atoms with van der Waals surface area (Å²) in [5.74, 6) is 0.683. The minimum atomic E-state index is -0.306. The Morgan fingerprint density at radius 3 is 2.88 bits per heavy atom. The normalized spacial score (nSPS) is 10.2. The Bertz CT molecular complexity index is 529. The fraction of sp³-hybridized carbons (Fsp3) is 0.154. The highest BCUT2D eigenvalue weighted by Crippen LogP contribution is 2.20. The summed E-state index contributed by atoms with van der Waals surface area (Å²) in [6.45, 7) is 2.21. The molecular weight excluding hydrogens is 219 g/mol. The zero-order valence-corrected chi connectivity index (χ0v) is 9.48. The van der Waals surface area contributed by atoms with E-state index >= 15 is 0 Å². The number of hydrogen-bond donors (Lipinski definition) is 1. The highest BCUT2D eigenvalue weighted by atomic mass is 19.1. The third-order valence-corrected chi connectivity index (χ3v) is 2.39. The molecule has 0 radical (unpaired) electrons. The Labute approximate surface area is 99.1 Å². The van der Waals surface area contributed by atoms with Crippen LogP contribution in [0.1, 0.15) is 11.1 Å². The fourth-order valence-electron chi connectivity index (χ4n) is 1.47. The molecule has 2 rings (SSSR count). The third kappa shape index (κ3) is 2.93. The van der Waals surface area contributed by atoms with Crippen molar-refractivity contribution < 1.29 is 9.13 Å². The van der Waals surface area contributed by atoms with Crippen LogP contribution < -0.4 is 10.5 Å². The van der Waals surface area contributed by atoms with Gasteiger partial charge in [0.25, 0.3) is 0 Å². The summed E-state index contributed by atoms with van der Waals surface area (Å²) in [6, 6.07) is 8.01. The summed E-state index contributed by atoms with van der Waals surface area (Å²) in [5.41, 5.74) is 7.36. The van der Waals surface area contributed by atoms with Crippen molar-refractivity contribution >= 4 is 5.82 Å². The molecule has 0 fully saturated rings. The molecule has 0 aliphatic heterocycles. The van der Waals surface area contributed by atoms with Gasteiger partial charge in [0.15, 0.2) is 0 Å². The van der Waals surface area contributed by atoms with Crippen LogP contribution in [0.3, 0.4) is 0 Å². The lowest BCUT2D eigenvalue weighted by Gasteiger charge is -2.09. The molecule has 0 aliphatic carbocycles. The second-order valence-electron chi connectivity index (χ2n) is 3.79. The molecule has 1 aromatic heterocycles. The van der Waals surface area contributed by atoms with Gasteiger partial charge in [-0.25, -0.2) is 9.37 Å². The number of nitrogens with zero attached hydrogens (tertiary/aromatic N) is 1. The molecule has 0 amide bonds. The number of rotatable bonds is 3. The van der Waals surface area contributed by atoms with Gasteiger partial charge >= 0.3 is 0 Å². The van der Waals surface area contributed by atoms with Gasteiger partial charge in [0.05, 0.1) is 0 Å². The van der Waals surface area contributed by atoms with E-state index in [4.69, 9.17) is 10.5 Å². The zero-order chi connectivity index (χ0) is 12.3. The maximum Gasteiger partial charge on any atom is 0.126 e. The Morgan fingerprint density at radius 1 is 1.29 bits per heavy atom. The van der Waals surface area contributed by atoms with E-state index in [1.165, 1.54) is 12.1 Å². The van der Waals surface area contributed by atoms with E-state index in [1.54, 1.807) is 18.3 Å². The number of anilines is 1. The van der Waals surface area contributed by atoms with Crippen molar-refractivity contribution in [3.8, 4) is 5.75 Å². The quantitative estimate of drug-likeness (QED) is 0.885. The minimum absolute atomic E-state index is 0.306. The monoisotopic (exact) mass is 232 g/mol. The van der Waals surface area contributed by atoms with Gasteiger partial charge < -0.3 is 10.5 Å². The van der Waals surface area contributed by atoms with Crippen LogP contribution in [0.4, 0.5) is 10.2 Å². The molecule has 4 heteroatoms. The first kappa shape index (κ1) is 11.4. The van der Waals surface area contributed by atoms with E-state index in [-0.39, 0.29) is 5.82 Å². The Morgan fingerprint density at radius 2 is 2.12 bits per heavy atom. The lowest BCUT2D eigenvalue weighted by atomic mass is 10.2. The number of pyridine rings is 1. The first-order valence-corrected chi connectivity index (χ1v) is 5.24. The molecule has 0 saturated heterocycles. The summed E-state index contributed by atoms with van der Waals surface area (Å²) in [7, 11) is 0. The van der Waals surface area contributed by atoms with Crippen molar-refractivity contribution in [2.45, 2.75) is 13.5 Å². The number of halogens is 1. The number of hydrogen-bond acceptors (Lipinski definition) is 3. The van der Waals surface area contributed by atoms with Gasteiger partial charge in [0, 0.05) is 12.3 Å². The maximum absolute atomic E-state index is 13.0. The molecule has 0 atom stereocenters. The van der Waals surface area contributed by atoms with Crippen LogP contribution in [0.15, 0.2) is 36.5 Å². The maximum atomic E-state index is 13.0. The smallest absolute Gasteiger partial charge is 0.126 e. The molecule has 0 spiro atoms. The van der Waals surface area contributed by atoms with Crippen LogP contribution in [-0.4, -0.2) is 4.98 Å². The van der Waals surface area contributed by atoms with Crippen LogP contribution >= 0.6 is 0 Å². The van der Waals surface area contributed by atoms with E-state index in [0.29, 0.717) is 18.2 Å². The van der Waals surface area contributed by atoms with Crippen molar-refractivity contribution in [1.82, 2.24) is 4.98 Å². The van der Waals surface area contributed by atoms with E-state index in [2.05, 4.69) is 4.98 Å². The Balaban J connectivity index is 2.09. The van der Waals surface area contributed by atoms with Gasteiger partial charge in [-0.15, -0.1) is 0 Å². The summed E-state index contributed by atoms with van der Waals surface area (Å²) >= 11 is 0. The van der Waals surface area contributed by atoms with Crippen LogP contribution in [0.5, 0.6) is 5.75 Å². The highest BCUT2D eigenvalue weighted by Gasteiger charge is 2.02. The SMILES string of the molecule is Cc1ccc(F)cc1OCc1ccnc(N)c1. The third-order valence-electron chi connectivity index (χ3n) is 2.39. The van der Waals surface area contributed by atoms with Crippen molar-refractivity contribution in [3.63, 3.8) is 0 Å². The largest absolute Gasteiger partial charge is 0.489 e. The first-order chi connectivity index (χ1) is 8.15. The van der Waals surface area contributed by atoms with Crippen molar-refractivity contribution in [2.24, 2.45) is 0 Å². The number of ether oxygens (including phenoxy) is 1. The van der Waals surface area contributed by atoms with E-state index in [1.807, 2.05) is 13.0 Å². The fourth-order valence-corrected chi connectivity index (χ4v) is 1.47. The summed E-state index contributed by atoms with van der Waals surface area (Å²) in [6.07, 6.45) is 1.62. The van der Waals surface area contributed by atoms with Gasteiger partial charge in [0.2, 0.25) is 0 Å². The summed E-state index contributed by atoms with van der Waals surface area (Å²) < 4.78 is 18.6. The minimum Gasteiger partial charge on any atom is -0.489 e. The topological polar surface area (TPSA) is 48.1 Å². The van der Waals surface area contributed by atoms with Crippen molar-refractivity contribution in [3.05, 3.63) is 53.5 Å². The van der Waals surface area contributed by atoms with Gasteiger partial charge in [-0.1, -0.05) is 6.07 Å². The summed E-state index contributed by atoms with van der Waals surface area (Å²) in [5, 5.41) is 0. The lowest BCUT2D eigenvalue weighted by Crippen LogP contribution is -1.99. The molecule has 2 aromatic rings. The van der Waals surface area contributed by atoms with Gasteiger partial charge in [0.1, 0.15) is 24.0 Å². The molecule has 1 aromatic carbocycles. The molecule has 2 N–H and O–H groups in total. The summed E-state index contributed by atoms with van der Waals surface area (Å²) in [4.78, 5) is 3.89. The number of nitrogen functional groups attached to an aromatic ring is 1. The van der Waals surface area contributed by atoms with Crippen molar-refractivity contribution in [2.75, 3.05) is 5.73 Å². The molecular formula is C13H13FN2O. The molecule has 0 aliphatic rings. The van der Waals surface area contributed by atoms with Gasteiger partial charge in [-0.05, 0) is 36.2 Å². The van der Waals surface area contributed by atoms with E-state index in [0.717, 1.165) is 11.1 Å². The van der Waals surface area contributed by atoms with Crippen LogP contribution in [0.2, 0.25) is 0 Å². The highest BCUT2D eigenvalue weighted by molar-refractivity contribution is 5.34. The zero-order valence-electron chi connectivity index (χ0n) is 9.48. The molecule has 3 nitrogen and oxygen atoms in total. The average Bonchev–Trinajstić information content (AvgIpc) is 2.30. The molecule has 0 unspecified atom stereocenters. The molecule has 88 valence electrons. The molecule has 0 bridgehead atoms. The number of benzene rings is 1. The predicted molar refractivity (Wildman–Crippen MR) is 64.1 cm³/mol. The number of aromatic nitrogens is 1. The van der Waals surface area contributed by atoms with Crippen LogP contribution in [-0.2, 0) is 6.61 Å². The van der Waals surface area contributed by atoms with Gasteiger partial charge in [-0.3, -0.25) is 0 Å². The lowest BCUT2D eigenvalue weighted by molar-refractivity contribution is 0.302. The standard InChI is InChI=1S/C13H13FN2O/c1-9-2-3-11(14)7-12(9)17-8-10-4-5-16-13(15)6-10/h2-7H,8H2,1H3,(H2,15,16). The van der Waals surface area contributed by atoms with E-state index in [9.17, 15) is 4.39 Å². The van der Waals surface area contributed by atoms with E-state index < -0.39 is 0 Å². The number of nitrogens with two attached hydrogens (primary N) is 1. The molecule has 17 heavy (non-hydrogen) atoms. The first-order valence-electron chi connectivity index (χ1n) is 5.24. The predicted octanol–water partition coefficient (Wildman–Crippen LogP) is 2.69. The van der Waals surface area contributed by atoms with Crippen LogP contribution in [0, 0.1) is 12.7 Å². The molecule has 0 saturated carbocycles.